The van der Waals surface area contributed by atoms with Crippen molar-refractivity contribution < 1.29 is 9.53 Å². The van der Waals surface area contributed by atoms with Crippen LogP contribution < -0.4 is 10.1 Å². The van der Waals surface area contributed by atoms with Crippen molar-refractivity contribution in [3.05, 3.63) is 60.2 Å². The lowest BCUT2D eigenvalue weighted by molar-refractivity contribution is -0.122. The number of hydrogen-bond donors (Lipinski definition) is 1. The van der Waals surface area contributed by atoms with Crippen LogP contribution >= 0.6 is 0 Å². The molecule has 4 heteroatoms. The fourth-order valence-corrected chi connectivity index (χ4v) is 3.86. The minimum atomic E-state index is -0.492. The molecule has 1 fully saturated rings. The lowest BCUT2D eigenvalue weighted by Gasteiger charge is -2.32. The first-order valence-corrected chi connectivity index (χ1v) is 9.41. The number of hydrogen-bond acceptors (Lipinski definition) is 3. The summed E-state index contributed by atoms with van der Waals surface area (Å²) in [6.07, 6.45) is 2.72. The number of methoxy groups -OCH3 is 1. The number of amides is 1. The number of nitrogens with zero attached hydrogens (tertiary/aromatic N) is 1. The predicted molar refractivity (Wildman–Crippen MR) is 106 cm³/mol. The maximum absolute atomic E-state index is 13.5. The van der Waals surface area contributed by atoms with Crippen molar-refractivity contribution in [3.8, 4) is 5.75 Å². The van der Waals surface area contributed by atoms with Crippen LogP contribution in [0.2, 0.25) is 0 Å². The zero-order valence-electron chi connectivity index (χ0n) is 15.7. The molecule has 3 rings (SSSR count). The topological polar surface area (TPSA) is 41.6 Å². The van der Waals surface area contributed by atoms with Gasteiger partial charge in [0.25, 0.3) is 0 Å². The van der Waals surface area contributed by atoms with E-state index in [1.165, 1.54) is 0 Å². The number of carbonyl (C=O) groups is 1. The maximum atomic E-state index is 13.5. The van der Waals surface area contributed by atoms with Crippen LogP contribution in [0, 0.1) is 0 Å². The van der Waals surface area contributed by atoms with Gasteiger partial charge in [-0.1, -0.05) is 43.3 Å². The van der Waals surface area contributed by atoms with E-state index in [1.54, 1.807) is 7.11 Å². The lowest BCUT2D eigenvalue weighted by Crippen LogP contribution is -2.41. The van der Waals surface area contributed by atoms with E-state index in [0.717, 1.165) is 55.9 Å². The monoisotopic (exact) mass is 352 g/mol. The molecule has 2 aromatic carbocycles. The largest absolute Gasteiger partial charge is 0.497 e. The Morgan fingerprint density at radius 1 is 1.12 bits per heavy atom. The second-order valence-electron chi connectivity index (χ2n) is 6.92. The van der Waals surface area contributed by atoms with E-state index >= 15 is 0 Å². The third-order valence-electron chi connectivity index (χ3n) is 5.47. The van der Waals surface area contributed by atoms with Crippen LogP contribution in [0.5, 0.6) is 5.75 Å². The second-order valence-corrected chi connectivity index (χ2v) is 6.92. The van der Waals surface area contributed by atoms with Gasteiger partial charge in [0, 0.05) is 11.8 Å². The molecule has 1 heterocycles. The first-order chi connectivity index (χ1) is 12.7. The Morgan fingerprint density at radius 2 is 1.92 bits per heavy atom. The fourth-order valence-electron chi connectivity index (χ4n) is 3.86. The Bertz CT molecular complexity index is 732. The van der Waals surface area contributed by atoms with E-state index in [1.807, 2.05) is 42.5 Å². The Balaban J connectivity index is 1.91. The molecule has 1 N–H and O–H groups in total. The van der Waals surface area contributed by atoms with Gasteiger partial charge in [0.2, 0.25) is 5.91 Å². The second kappa shape index (κ2) is 8.37. The molecule has 0 aromatic heterocycles. The van der Waals surface area contributed by atoms with Crippen LogP contribution in [-0.4, -0.2) is 37.6 Å². The summed E-state index contributed by atoms with van der Waals surface area (Å²) in [6.45, 7) is 5.21. The molecular weight excluding hydrogens is 324 g/mol. The molecule has 1 saturated heterocycles. The Labute approximate surface area is 156 Å². The fraction of sp³-hybridized carbons (Fsp3) is 0.409. The van der Waals surface area contributed by atoms with E-state index in [4.69, 9.17) is 4.74 Å². The van der Waals surface area contributed by atoms with Gasteiger partial charge in [-0.15, -0.1) is 0 Å². The van der Waals surface area contributed by atoms with Crippen molar-refractivity contribution in [1.29, 1.82) is 0 Å². The molecule has 1 atom stereocenters. The van der Waals surface area contributed by atoms with Gasteiger partial charge in [-0.05, 0) is 56.6 Å². The predicted octanol–water partition coefficient (Wildman–Crippen LogP) is 4.08. The van der Waals surface area contributed by atoms with Crippen molar-refractivity contribution in [2.24, 2.45) is 0 Å². The summed E-state index contributed by atoms with van der Waals surface area (Å²) in [6, 6.07) is 17.8. The van der Waals surface area contributed by atoms with E-state index < -0.39 is 5.41 Å². The zero-order chi connectivity index (χ0) is 18.4. The van der Waals surface area contributed by atoms with Crippen LogP contribution in [0.15, 0.2) is 54.6 Å². The van der Waals surface area contributed by atoms with Gasteiger partial charge in [0.1, 0.15) is 5.75 Å². The molecule has 1 unspecified atom stereocenters. The number of benzene rings is 2. The summed E-state index contributed by atoms with van der Waals surface area (Å²) in [5.74, 6) is 0.824. The van der Waals surface area contributed by atoms with Crippen LogP contribution in [0.25, 0.3) is 0 Å². The van der Waals surface area contributed by atoms with Crippen LogP contribution in [0.1, 0.15) is 31.7 Å². The van der Waals surface area contributed by atoms with E-state index in [9.17, 15) is 4.79 Å². The van der Waals surface area contributed by atoms with Crippen molar-refractivity contribution in [3.63, 3.8) is 0 Å². The summed E-state index contributed by atoms with van der Waals surface area (Å²) < 4.78 is 5.28. The molecule has 2 aromatic rings. The third kappa shape index (κ3) is 3.91. The zero-order valence-corrected chi connectivity index (χ0v) is 15.7. The summed E-state index contributed by atoms with van der Waals surface area (Å²) in [4.78, 5) is 15.9. The van der Waals surface area contributed by atoms with Gasteiger partial charge < -0.3 is 15.0 Å². The Kier molecular flexibility index (Phi) is 5.94. The van der Waals surface area contributed by atoms with Crippen molar-refractivity contribution >= 4 is 11.6 Å². The van der Waals surface area contributed by atoms with Crippen molar-refractivity contribution in [2.45, 2.75) is 31.6 Å². The minimum Gasteiger partial charge on any atom is -0.497 e. The molecular formula is C22H28N2O2. The van der Waals surface area contributed by atoms with Gasteiger partial charge in [0.05, 0.1) is 12.5 Å². The van der Waals surface area contributed by atoms with Gasteiger partial charge >= 0.3 is 0 Å². The van der Waals surface area contributed by atoms with E-state index in [0.29, 0.717) is 0 Å². The van der Waals surface area contributed by atoms with Crippen LogP contribution in [0.3, 0.4) is 0 Å². The molecule has 1 amide bonds. The Hall–Kier alpha value is -2.33. The van der Waals surface area contributed by atoms with Crippen LogP contribution in [-0.2, 0) is 10.2 Å². The van der Waals surface area contributed by atoms with E-state index in [2.05, 4.69) is 29.3 Å². The summed E-state index contributed by atoms with van der Waals surface area (Å²) in [5, 5.41) is 3.15. The average molecular weight is 352 g/mol. The van der Waals surface area contributed by atoms with Crippen LogP contribution in [0.4, 0.5) is 5.69 Å². The number of nitrogens with one attached hydrogen (secondary N) is 1. The number of anilines is 1. The summed E-state index contributed by atoms with van der Waals surface area (Å²) in [5.41, 5.74) is 1.40. The molecule has 0 aliphatic carbocycles. The highest BCUT2D eigenvalue weighted by Gasteiger charge is 2.41. The van der Waals surface area contributed by atoms with Gasteiger partial charge in [-0.2, -0.15) is 0 Å². The van der Waals surface area contributed by atoms with E-state index in [-0.39, 0.29) is 5.91 Å². The Morgan fingerprint density at radius 3 is 2.65 bits per heavy atom. The smallest absolute Gasteiger partial charge is 0.235 e. The number of ether oxygens (including phenoxy) is 1. The first-order valence-electron chi connectivity index (χ1n) is 9.41. The molecule has 26 heavy (non-hydrogen) atoms. The van der Waals surface area contributed by atoms with Gasteiger partial charge in [0.15, 0.2) is 0 Å². The number of likely N-dealkylation sites (tertiary alicyclic amines) is 1. The highest BCUT2D eigenvalue weighted by molar-refractivity contribution is 5.99. The lowest BCUT2D eigenvalue weighted by atomic mass is 9.73. The summed E-state index contributed by atoms with van der Waals surface area (Å²) in [7, 11) is 1.64. The minimum absolute atomic E-state index is 0.0786. The van der Waals surface area contributed by atoms with Crippen molar-refractivity contribution in [1.82, 2.24) is 4.90 Å². The molecule has 0 saturated carbocycles. The molecule has 1 aliphatic rings. The van der Waals surface area contributed by atoms with Gasteiger partial charge in [-0.3, -0.25) is 4.79 Å². The standard InChI is InChI=1S/C22H28N2O2/c1-3-24-15-8-13-22(14-16-24,18-9-5-4-6-10-18)21(25)23-19-11-7-12-20(17-19)26-2/h4-7,9-12,17H,3,8,13-16H2,1-2H3,(H,23,25). The molecule has 0 radical (unpaired) electrons. The molecule has 1 aliphatic heterocycles. The average Bonchev–Trinajstić information content (AvgIpc) is 2.92. The quantitative estimate of drug-likeness (QED) is 0.882. The molecule has 0 bridgehead atoms. The highest BCUT2D eigenvalue weighted by atomic mass is 16.5. The first kappa shape index (κ1) is 18.5. The maximum Gasteiger partial charge on any atom is 0.235 e. The van der Waals surface area contributed by atoms with Crippen molar-refractivity contribution in [2.75, 3.05) is 32.1 Å². The number of carbonyl (C=O) groups excluding carboxylic acids is 1. The highest BCUT2D eigenvalue weighted by Crippen LogP contribution is 2.37. The summed E-state index contributed by atoms with van der Waals surface area (Å²) >= 11 is 0. The third-order valence-corrected chi connectivity index (χ3v) is 5.47. The van der Waals surface area contributed by atoms with Gasteiger partial charge in [-0.25, -0.2) is 0 Å². The molecule has 4 nitrogen and oxygen atoms in total. The normalized spacial score (nSPS) is 21.0. The molecule has 138 valence electrons. The molecule has 0 spiro atoms. The number of rotatable bonds is 5. The SMILES string of the molecule is CCN1CCCC(C(=O)Nc2cccc(OC)c2)(c2ccccc2)CC1.